The summed E-state index contributed by atoms with van der Waals surface area (Å²) in [6.45, 7) is 1.88. The van der Waals surface area contributed by atoms with Crippen LogP contribution in [0.25, 0.3) is 10.9 Å². The van der Waals surface area contributed by atoms with E-state index >= 15 is 0 Å². The van der Waals surface area contributed by atoms with Crippen LogP contribution in [0.5, 0.6) is 11.5 Å². The maximum Gasteiger partial charge on any atom is 0.290 e. The van der Waals surface area contributed by atoms with Gasteiger partial charge in [-0.3, -0.25) is 19.0 Å². The minimum atomic E-state index is -3.36. The number of ether oxygens (including phenoxy) is 1. The number of aromatic nitrogens is 1. The standard InChI is InChI=1S/C21H20N2O6S.CH2O2/c1-3-22-20(25)17-19(24)14-5-4-6-16-18(14)23(21(17)26)15(11-29-16)12-7-9-13(10-8-12)30(2,27)28;2-1-3/h4-10,15,24H,3,11H2,1-2H3,(H,22,25);1H,(H,2,3). The van der Waals surface area contributed by atoms with Crippen LogP contribution >= 0.6 is 0 Å². The number of hydrogen-bond donors (Lipinski definition) is 3. The molecule has 0 saturated carbocycles. The van der Waals surface area contributed by atoms with Crippen LogP contribution in [0.1, 0.15) is 28.9 Å². The molecular formula is C22H22N2O8S. The lowest BCUT2D eigenvalue weighted by Crippen LogP contribution is -2.38. The van der Waals surface area contributed by atoms with Crippen LogP contribution in [0.2, 0.25) is 0 Å². The molecule has 1 unspecified atom stereocenters. The van der Waals surface area contributed by atoms with Gasteiger partial charge in [0.15, 0.2) is 9.84 Å². The monoisotopic (exact) mass is 474 g/mol. The van der Waals surface area contributed by atoms with Crippen molar-refractivity contribution >= 4 is 33.1 Å². The first kappa shape index (κ1) is 23.8. The van der Waals surface area contributed by atoms with Gasteiger partial charge in [-0.25, -0.2) is 8.42 Å². The summed E-state index contributed by atoms with van der Waals surface area (Å²) in [5.41, 5.74) is 0.0596. The third kappa shape index (κ3) is 4.40. The van der Waals surface area contributed by atoms with E-state index in [4.69, 9.17) is 14.6 Å². The van der Waals surface area contributed by atoms with E-state index < -0.39 is 33.1 Å². The largest absolute Gasteiger partial charge is 0.506 e. The Morgan fingerprint density at radius 3 is 2.45 bits per heavy atom. The van der Waals surface area contributed by atoms with Crippen molar-refractivity contribution in [2.45, 2.75) is 17.9 Å². The van der Waals surface area contributed by atoms with Crippen molar-refractivity contribution in [1.82, 2.24) is 9.88 Å². The average Bonchev–Trinajstić information content (AvgIpc) is 2.77. The minimum Gasteiger partial charge on any atom is -0.506 e. The van der Waals surface area contributed by atoms with Gasteiger partial charge in [0.2, 0.25) is 0 Å². The lowest BCUT2D eigenvalue weighted by molar-refractivity contribution is -0.122. The summed E-state index contributed by atoms with van der Waals surface area (Å²) in [5.74, 6) is -0.629. The molecule has 2 heterocycles. The van der Waals surface area contributed by atoms with Crippen molar-refractivity contribution < 1.29 is 33.0 Å². The molecule has 0 bridgehead atoms. The summed E-state index contributed by atoms with van der Waals surface area (Å²) in [6, 6.07) is 10.6. The smallest absolute Gasteiger partial charge is 0.290 e. The highest BCUT2D eigenvalue weighted by atomic mass is 32.2. The van der Waals surface area contributed by atoms with E-state index in [0.717, 1.165) is 6.26 Å². The van der Waals surface area contributed by atoms with Crippen LogP contribution in [-0.4, -0.2) is 55.0 Å². The van der Waals surface area contributed by atoms with Gasteiger partial charge < -0.3 is 20.3 Å². The van der Waals surface area contributed by atoms with Gasteiger partial charge in [-0.05, 0) is 36.8 Å². The molecule has 0 radical (unpaired) electrons. The molecule has 3 N–H and O–H groups in total. The molecule has 2 aromatic carbocycles. The summed E-state index contributed by atoms with van der Waals surface area (Å²) in [5, 5.41) is 20.5. The van der Waals surface area contributed by atoms with Crippen molar-refractivity contribution in [2.24, 2.45) is 0 Å². The Bertz CT molecular complexity index is 1380. The lowest BCUT2D eigenvalue weighted by Gasteiger charge is -2.29. The van der Waals surface area contributed by atoms with Crippen LogP contribution in [0.3, 0.4) is 0 Å². The Labute approximate surface area is 189 Å². The summed E-state index contributed by atoms with van der Waals surface area (Å²) in [6.07, 6.45) is 1.12. The summed E-state index contributed by atoms with van der Waals surface area (Å²) >= 11 is 0. The molecule has 4 rings (SSSR count). The number of pyridine rings is 1. The summed E-state index contributed by atoms with van der Waals surface area (Å²) in [4.78, 5) is 34.4. The lowest BCUT2D eigenvalue weighted by atomic mass is 10.0. The third-order valence-electron chi connectivity index (χ3n) is 5.13. The average molecular weight is 474 g/mol. The van der Waals surface area contributed by atoms with Crippen molar-refractivity contribution in [1.29, 1.82) is 0 Å². The highest BCUT2D eigenvalue weighted by Gasteiger charge is 2.31. The Hall–Kier alpha value is -3.86. The molecule has 0 aliphatic carbocycles. The van der Waals surface area contributed by atoms with Gasteiger partial charge >= 0.3 is 0 Å². The zero-order chi connectivity index (χ0) is 24.3. The zero-order valence-corrected chi connectivity index (χ0v) is 18.6. The van der Waals surface area contributed by atoms with Crippen LogP contribution in [0.15, 0.2) is 52.2 Å². The number of rotatable bonds is 4. The number of benzene rings is 2. The number of para-hydroxylation sites is 1. The maximum absolute atomic E-state index is 13.3. The second-order valence-corrected chi connectivity index (χ2v) is 9.20. The fraction of sp³-hybridized carbons (Fsp3) is 0.227. The number of carboxylic acid groups (broad SMARTS) is 1. The first-order chi connectivity index (χ1) is 15.6. The Balaban J connectivity index is 0.000000968. The molecule has 0 saturated heterocycles. The summed E-state index contributed by atoms with van der Waals surface area (Å²) < 4.78 is 30.8. The number of nitrogens with zero attached hydrogens (tertiary/aromatic N) is 1. The topological polar surface area (TPSA) is 152 Å². The Morgan fingerprint density at radius 1 is 1.24 bits per heavy atom. The van der Waals surface area contributed by atoms with Gasteiger partial charge in [0, 0.05) is 18.2 Å². The highest BCUT2D eigenvalue weighted by Crippen LogP contribution is 2.38. The molecule has 1 aromatic heterocycles. The molecule has 1 aliphatic rings. The van der Waals surface area contributed by atoms with Crippen LogP contribution < -0.4 is 15.6 Å². The van der Waals surface area contributed by atoms with Crippen LogP contribution in [-0.2, 0) is 14.6 Å². The normalized spacial score (nSPS) is 14.5. The van der Waals surface area contributed by atoms with Gasteiger partial charge in [0.05, 0.1) is 16.5 Å². The Morgan fingerprint density at radius 2 is 1.88 bits per heavy atom. The van der Waals surface area contributed by atoms with Crippen LogP contribution in [0, 0.1) is 0 Å². The number of hydrogen-bond acceptors (Lipinski definition) is 7. The molecule has 10 nitrogen and oxygen atoms in total. The van der Waals surface area contributed by atoms with E-state index in [2.05, 4.69) is 5.32 Å². The number of aromatic hydroxyl groups is 1. The van der Waals surface area contributed by atoms with Gasteiger partial charge in [-0.2, -0.15) is 0 Å². The van der Waals surface area contributed by atoms with E-state index in [-0.39, 0.29) is 23.5 Å². The first-order valence-corrected chi connectivity index (χ1v) is 11.7. The molecular weight excluding hydrogens is 452 g/mol. The van der Waals surface area contributed by atoms with Crippen molar-refractivity contribution in [3.63, 3.8) is 0 Å². The van der Waals surface area contributed by atoms with Crippen molar-refractivity contribution in [3.8, 4) is 11.5 Å². The number of sulfone groups is 1. The van der Waals surface area contributed by atoms with Gasteiger partial charge in [0.25, 0.3) is 17.9 Å². The van der Waals surface area contributed by atoms with E-state index in [1.807, 2.05) is 0 Å². The maximum atomic E-state index is 13.3. The molecule has 11 heteroatoms. The van der Waals surface area contributed by atoms with Crippen LogP contribution in [0.4, 0.5) is 0 Å². The fourth-order valence-corrected chi connectivity index (χ4v) is 4.34. The molecule has 1 atom stereocenters. The molecule has 174 valence electrons. The zero-order valence-electron chi connectivity index (χ0n) is 17.8. The van der Waals surface area contributed by atoms with Gasteiger partial charge in [-0.1, -0.05) is 18.2 Å². The number of carbonyl (C=O) groups is 2. The van der Waals surface area contributed by atoms with Crippen molar-refractivity contribution in [3.05, 3.63) is 63.9 Å². The van der Waals surface area contributed by atoms with Gasteiger partial charge in [-0.15, -0.1) is 0 Å². The molecule has 3 aromatic rings. The number of amides is 1. The summed E-state index contributed by atoms with van der Waals surface area (Å²) in [7, 11) is -3.36. The molecule has 1 aliphatic heterocycles. The second-order valence-electron chi connectivity index (χ2n) is 7.18. The number of nitrogens with one attached hydrogen (secondary N) is 1. The van der Waals surface area contributed by atoms with Gasteiger partial charge in [0.1, 0.15) is 23.7 Å². The van der Waals surface area contributed by atoms with E-state index in [0.29, 0.717) is 28.8 Å². The highest BCUT2D eigenvalue weighted by molar-refractivity contribution is 7.90. The molecule has 0 fully saturated rings. The van der Waals surface area contributed by atoms with E-state index in [1.165, 1.54) is 16.7 Å². The minimum absolute atomic E-state index is 0.115. The second kappa shape index (κ2) is 9.33. The van der Waals surface area contributed by atoms with Crippen molar-refractivity contribution in [2.75, 3.05) is 19.4 Å². The SMILES string of the molecule is CCNC(=O)c1c(O)c2cccc3c2n(c1=O)C(c1ccc(S(C)(=O)=O)cc1)CO3.O=CO. The van der Waals surface area contributed by atoms with E-state index in [1.54, 1.807) is 37.3 Å². The predicted molar refractivity (Wildman–Crippen MR) is 120 cm³/mol. The molecule has 33 heavy (non-hydrogen) atoms. The first-order valence-electron chi connectivity index (χ1n) is 9.84. The molecule has 0 spiro atoms. The quantitative estimate of drug-likeness (QED) is 0.482. The number of carbonyl (C=O) groups excluding carboxylic acids is 1. The Kier molecular flexibility index (Phi) is 6.73. The molecule has 1 amide bonds. The van der Waals surface area contributed by atoms with E-state index in [9.17, 15) is 23.1 Å². The fourth-order valence-electron chi connectivity index (χ4n) is 3.71. The predicted octanol–water partition coefficient (Wildman–Crippen LogP) is 1.54. The third-order valence-corrected chi connectivity index (χ3v) is 6.26.